The molecule has 1 aromatic carbocycles. The summed E-state index contributed by atoms with van der Waals surface area (Å²) in [6.45, 7) is 2.87. The third-order valence-corrected chi connectivity index (χ3v) is 3.20. The molecule has 0 aliphatic rings. The number of aryl methyl sites for hydroxylation is 1. The Morgan fingerprint density at radius 3 is 2.90 bits per heavy atom. The van der Waals surface area contributed by atoms with Crippen molar-refractivity contribution < 1.29 is 9.13 Å². The van der Waals surface area contributed by atoms with Gasteiger partial charge in [-0.15, -0.1) is 0 Å². The number of aromatic nitrogens is 2. The van der Waals surface area contributed by atoms with Crippen LogP contribution in [0, 0.1) is 5.82 Å². The van der Waals surface area contributed by atoms with Gasteiger partial charge < -0.3 is 10.5 Å². The van der Waals surface area contributed by atoms with Gasteiger partial charge in [0.15, 0.2) is 5.75 Å². The van der Waals surface area contributed by atoms with Crippen LogP contribution in [0.25, 0.3) is 0 Å². The van der Waals surface area contributed by atoms with Crippen molar-refractivity contribution in [1.82, 2.24) is 9.78 Å². The zero-order chi connectivity index (χ0) is 14.5. The molecule has 4 nitrogen and oxygen atoms in total. The van der Waals surface area contributed by atoms with Crippen LogP contribution in [-0.2, 0) is 13.0 Å². The molecule has 0 saturated heterocycles. The summed E-state index contributed by atoms with van der Waals surface area (Å²) in [4.78, 5) is 0. The van der Waals surface area contributed by atoms with Crippen molar-refractivity contribution in [3.63, 3.8) is 0 Å². The first-order valence-corrected chi connectivity index (χ1v) is 6.75. The highest BCUT2D eigenvalue weighted by atomic mass is 19.1. The number of halogens is 1. The van der Waals surface area contributed by atoms with Crippen LogP contribution in [0.1, 0.15) is 30.6 Å². The van der Waals surface area contributed by atoms with Crippen LogP contribution >= 0.6 is 0 Å². The van der Waals surface area contributed by atoms with E-state index in [-0.39, 0.29) is 11.9 Å². The van der Waals surface area contributed by atoms with Gasteiger partial charge in [0, 0.05) is 6.54 Å². The van der Waals surface area contributed by atoms with E-state index in [1.165, 1.54) is 12.1 Å². The van der Waals surface area contributed by atoms with Crippen LogP contribution in [0.2, 0.25) is 0 Å². The van der Waals surface area contributed by atoms with Crippen molar-refractivity contribution in [2.24, 2.45) is 5.73 Å². The van der Waals surface area contributed by atoms with Gasteiger partial charge in [0.05, 0.1) is 25.0 Å². The zero-order valence-corrected chi connectivity index (χ0v) is 11.8. The molecular weight excluding hydrogens is 257 g/mol. The number of nitrogens with zero attached hydrogens (tertiary/aromatic N) is 2. The molecule has 0 bridgehead atoms. The van der Waals surface area contributed by atoms with Gasteiger partial charge in [0.25, 0.3) is 0 Å². The predicted molar refractivity (Wildman–Crippen MR) is 76.1 cm³/mol. The lowest BCUT2D eigenvalue weighted by Crippen LogP contribution is -2.19. The number of hydrogen-bond donors (Lipinski definition) is 1. The van der Waals surface area contributed by atoms with Crippen LogP contribution in [-0.4, -0.2) is 16.9 Å². The van der Waals surface area contributed by atoms with Crippen LogP contribution in [0.3, 0.4) is 0 Å². The molecule has 1 unspecified atom stereocenters. The zero-order valence-electron chi connectivity index (χ0n) is 11.8. The van der Waals surface area contributed by atoms with Gasteiger partial charge in [0.1, 0.15) is 5.82 Å². The molecule has 5 heteroatoms. The summed E-state index contributed by atoms with van der Waals surface area (Å²) in [5, 5.41) is 4.29. The second-order valence-electron chi connectivity index (χ2n) is 4.76. The Morgan fingerprint density at radius 2 is 2.25 bits per heavy atom. The molecule has 0 radical (unpaired) electrons. The Bertz CT molecular complexity index is 568. The van der Waals surface area contributed by atoms with Gasteiger partial charge in [-0.2, -0.15) is 5.10 Å². The van der Waals surface area contributed by atoms with Gasteiger partial charge in [-0.25, -0.2) is 4.39 Å². The molecule has 2 rings (SSSR count). The molecule has 20 heavy (non-hydrogen) atoms. The fraction of sp³-hybridized carbons (Fsp3) is 0.400. The van der Waals surface area contributed by atoms with Crippen molar-refractivity contribution >= 4 is 0 Å². The first-order valence-electron chi connectivity index (χ1n) is 6.75. The minimum atomic E-state index is -0.277. The van der Waals surface area contributed by atoms with E-state index >= 15 is 0 Å². The Labute approximate surface area is 118 Å². The first kappa shape index (κ1) is 14.5. The van der Waals surface area contributed by atoms with Gasteiger partial charge in [-0.1, -0.05) is 19.1 Å². The summed E-state index contributed by atoms with van der Waals surface area (Å²) in [7, 11) is 1.60. The third kappa shape index (κ3) is 3.17. The van der Waals surface area contributed by atoms with Crippen LogP contribution < -0.4 is 10.5 Å². The molecule has 0 aliphatic heterocycles. The summed E-state index contributed by atoms with van der Waals surface area (Å²) in [6.07, 6.45) is 3.18. The highest BCUT2D eigenvalue weighted by molar-refractivity contribution is 5.30. The molecule has 108 valence electrons. The normalized spacial score (nSPS) is 12.4. The standard InChI is InChI=1S/C15H20FN3O/c1-3-7-19-15(14(20-2)10-18-19)13(17)9-11-5-4-6-12(16)8-11/h4-6,8,10,13H,3,7,9,17H2,1-2H3. The molecule has 0 amide bonds. The predicted octanol–water partition coefficient (Wildman–Crippen LogP) is 2.68. The molecule has 0 spiro atoms. The summed E-state index contributed by atoms with van der Waals surface area (Å²) in [6, 6.07) is 6.22. The van der Waals surface area contributed by atoms with Crippen molar-refractivity contribution in [3.05, 3.63) is 47.5 Å². The smallest absolute Gasteiger partial charge is 0.161 e. The maximum Gasteiger partial charge on any atom is 0.161 e. The van der Waals surface area contributed by atoms with E-state index in [1.54, 1.807) is 19.4 Å². The second-order valence-corrected chi connectivity index (χ2v) is 4.76. The summed E-state index contributed by atoms with van der Waals surface area (Å²) in [5.74, 6) is 0.436. The fourth-order valence-electron chi connectivity index (χ4n) is 2.31. The molecule has 1 atom stereocenters. The van der Waals surface area contributed by atoms with E-state index in [4.69, 9.17) is 10.5 Å². The number of rotatable bonds is 6. The van der Waals surface area contributed by atoms with Crippen molar-refractivity contribution in [2.75, 3.05) is 7.11 Å². The average molecular weight is 277 g/mol. The van der Waals surface area contributed by atoms with Gasteiger partial charge >= 0.3 is 0 Å². The highest BCUT2D eigenvalue weighted by Gasteiger charge is 2.19. The number of nitrogens with two attached hydrogens (primary N) is 1. The number of methoxy groups -OCH3 is 1. The van der Waals surface area contributed by atoms with E-state index in [1.807, 2.05) is 10.7 Å². The van der Waals surface area contributed by atoms with Gasteiger partial charge in [-0.05, 0) is 30.5 Å². The Hall–Kier alpha value is -1.88. The molecule has 2 aromatic rings. The maximum atomic E-state index is 13.2. The number of benzene rings is 1. The number of ether oxygens (including phenoxy) is 1. The number of hydrogen-bond acceptors (Lipinski definition) is 3. The summed E-state index contributed by atoms with van der Waals surface area (Å²) in [5.41, 5.74) is 7.99. The molecule has 0 aliphatic carbocycles. The van der Waals surface area contributed by atoms with Gasteiger partial charge in [-0.3, -0.25) is 4.68 Å². The summed E-state index contributed by atoms with van der Waals surface area (Å²) < 4.78 is 20.4. The van der Waals surface area contributed by atoms with Crippen molar-refractivity contribution in [1.29, 1.82) is 0 Å². The topological polar surface area (TPSA) is 53.1 Å². The van der Waals surface area contributed by atoms with E-state index < -0.39 is 0 Å². The lowest BCUT2D eigenvalue weighted by Gasteiger charge is -2.15. The van der Waals surface area contributed by atoms with Crippen molar-refractivity contribution in [3.8, 4) is 5.75 Å². The molecule has 1 heterocycles. The Kier molecular flexibility index (Phi) is 4.74. The van der Waals surface area contributed by atoms with Crippen molar-refractivity contribution in [2.45, 2.75) is 32.4 Å². The quantitative estimate of drug-likeness (QED) is 0.883. The third-order valence-electron chi connectivity index (χ3n) is 3.20. The van der Waals surface area contributed by atoms with Crippen LogP contribution in [0.5, 0.6) is 5.75 Å². The van der Waals surface area contributed by atoms with E-state index in [0.717, 1.165) is 24.2 Å². The molecular formula is C15H20FN3O. The second kappa shape index (κ2) is 6.52. The molecule has 0 saturated carbocycles. The van der Waals surface area contributed by atoms with Crippen LogP contribution in [0.4, 0.5) is 4.39 Å². The molecule has 1 aromatic heterocycles. The Balaban J connectivity index is 2.23. The molecule has 0 fully saturated rings. The first-order chi connectivity index (χ1) is 9.65. The summed E-state index contributed by atoms with van der Waals surface area (Å²) >= 11 is 0. The largest absolute Gasteiger partial charge is 0.493 e. The highest BCUT2D eigenvalue weighted by Crippen LogP contribution is 2.26. The lowest BCUT2D eigenvalue weighted by molar-refractivity contribution is 0.400. The maximum absolute atomic E-state index is 13.2. The minimum Gasteiger partial charge on any atom is -0.493 e. The SMILES string of the molecule is CCCn1ncc(OC)c1C(N)Cc1cccc(F)c1. The monoisotopic (exact) mass is 277 g/mol. The molecule has 2 N–H and O–H groups in total. The fourth-order valence-corrected chi connectivity index (χ4v) is 2.31. The Morgan fingerprint density at radius 1 is 1.45 bits per heavy atom. The van der Waals surface area contributed by atoms with Crippen LogP contribution in [0.15, 0.2) is 30.5 Å². The van der Waals surface area contributed by atoms with E-state index in [2.05, 4.69) is 12.0 Å². The lowest BCUT2D eigenvalue weighted by atomic mass is 10.0. The van der Waals surface area contributed by atoms with E-state index in [9.17, 15) is 4.39 Å². The average Bonchev–Trinajstić information content (AvgIpc) is 2.82. The minimum absolute atomic E-state index is 0.247. The van der Waals surface area contributed by atoms with Gasteiger partial charge in [0.2, 0.25) is 0 Å². The van der Waals surface area contributed by atoms with E-state index in [0.29, 0.717) is 12.2 Å².